The quantitative estimate of drug-likeness (QED) is 0.735. The lowest BCUT2D eigenvalue weighted by atomic mass is 9.87. The van der Waals surface area contributed by atoms with Crippen molar-refractivity contribution in [3.05, 3.63) is 59.8 Å². The molecule has 2 atom stereocenters. The normalized spacial score (nSPS) is 18.6. The van der Waals surface area contributed by atoms with Crippen molar-refractivity contribution in [2.45, 2.75) is 38.1 Å². The van der Waals surface area contributed by atoms with Crippen molar-refractivity contribution in [2.75, 3.05) is 6.54 Å². The molecule has 0 bridgehead atoms. The molecule has 3 heterocycles. The molecule has 128 valence electrons. The lowest BCUT2D eigenvalue weighted by Gasteiger charge is -2.31. The first kappa shape index (κ1) is 15.7. The predicted octanol–water partition coefficient (Wildman–Crippen LogP) is 2.92. The van der Waals surface area contributed by atoms with Crippen LogP contribution in [0.4, 0.5) is 0 Å². The molecule has 1 aliphatic rings. The van der Waals surface area contributed by atoms with E-state index in [4.69, 9.17) is 0 Å². The van der Waals surface area contributed by atoms with E-state index >= 15 is 0 Å². The van der Waals surface area contributed by atoms with Gasteiger partial charge in [-0.3, -0.25) is 4.79 Å². The summed E-state index contributed by atoms with van der Waals surface area (Å²) in [6, 6.07) is 14.4. The van der Waals surface area contributed by atoms with Gasteiger partial charge in [-0.2, -0.15) is 4.52 Å². The minimum Gasteiger partial charge on any atom is -0.335 e. The number of pyridine rings is 1. The highest BCUT2D eigenvalue weighted by Gasteiger charge is 2.35. The Kier molecular flexibility index (Phi) is 4.17. The molecule has 6 heteroatoms. The number of amides is 1. The Morgan fingerprint density at radius 1 is 1.24 bits per heavy atom. The van der Waals surface area contributed by atoms with Gasteiger partial charge in [0.1, 0.15) is 0 Å². The van der Waals surface area contributed by atoms with Crippen LogP contribution in [0.3, 0.4) is 0 Å². The minimum absolute atomic E-state index is 0.0641. The van der Waals surface area contributed by atoms with Gasteiger partial charge in [-0.15, -0.1) is 5.10 Å². The van der Waals surface area contributed by atoms with Gasteiger partial charge in [0.25, 0.3) is 5.91 Å². The van der Waals surface area contributed by atoms with Crippen LogP contribution < -0.4 is 0 Å². The molecule has 2 aromatic heterocycles. The smallest absolute Gasteiger partial charge is 0.255 e. The molecule has 6 nitrogen and oxygen atoms in total. The molecule has 1 saturated heterocycles. The number of carbonyl (C=O) groups is 1. The van der Waals surface area contributed by atoms with E-state index in [0.717, 1.165) is 25.8 Å². The van der Waals surface area contributed by atoms with Crippen molar-refractivity contribution in [3.8, 4) is 0 Å². The zero-order chi connectivity index (χ0) is 17.2. The van der Waals surface area contributed by atoms with E-state index < -0.39 is 0 Å². The van der Waals surface area contributed by atoms with E-state index in [0.29, 0.717) is 17.1 Å². The van der Waals surface area contributed by atoms with Crippen molar-refractivity contribution in [1.82, 2.24) is 24.9 Å². The van der Waals surface area contributed by atoms with E-state index in [1.54, 1.807) is 16.8 Å². The Bertz CT molecular complexity index is 876. The fourth-order valence-electron chi connectivity index (χ4n) is 3.93. The van der Waals surface area contributed by atoms with Crippen LogP contribution in [0.1, 0.15) is 48.0 Å². The number of benzene rings is 1. The standard InChI is InChI=1S/C19H21N5O/c1-2-16(14-7-4-3-5-8-14)17-9-6-12-23(17)19(25)15-10-11-18-20-21-22-24(18)13-15/h3-5,7-8,10-11,13,16-17H,2,6,9,12H2,1H3/t16-,17-/m0/s1. The second-order valence-electron chi connectivity index (χ2n) is 6.53. The third-order valence-electron chi connectivity index (χ3n) is 5.13. The van der Waals surface area contributed by atoms with E-state index in [2.05, 4.69) is 46.7 Å². The molecule has 1 aromatic carbocycles. The summed E-state index contributed by atoms with van der Waals surface area (Å²) in [7, 11) is 0. The largest absolute Gasteiger partial charge is 0.335 e. The first-order chi connectivity index (χ1) is 12.3. The summed E-state index contributed by atoms with van der Waals surface area (Å²) in [5.41, 5.74) is 2.59. The first-order valence-corrected chi connectivity index (χ1v) is 8.81. The van der Waals surface area contributed by atoms with Crippen LogP contribution in [0.15, 0.2) is 48.7 Å². The van der Waals surface area contributed by atoms with Gasteiger partial charge in [0.15, 0.2) is 5.65 Å². The molecule has 0 spiro atoms. The van der Waals surface area contributed by atoms with Gasteiger partial charge in [0.2, 0.25) is 0 Å². The SMILES string of the molecule is CC[C@@H](c1ccccc1)[C@@H]1CCCN1C(=O)c1ccc2nnnn2c1. The predicted molar refractivity (Wildman–Crippen MR) is 94.3 cm³/mol. The van der Waals surface area contributed by atoms with E-state index in [1.165, 1.54) is 5.56 Å². The first-order valence-electron chi connectivity index (χ1n) is 8.81. The molecule has 0 aliphatic carbocycles. The molecule has 1 fully saturated rings. The van der Waals surface area contributed by atoms with E-state index in [1.807, 2.05) is 17.0 Å². The van der Waals surface area contributed by atoms with Gasteiger partial charge in [-0.1, -0.05) is 37.3 Å². The maximum atomic E-state index is 13.1. The Balaban J connectivity index is 1.62. The van der Waals surface area contributed by atoms with Gasteiger partial charge in [0.05, 0.1) is 5.56 Å². The Morgan fingerprint density at radius 2 is 2.08 bits per heavy atom. The van der Waals surface area contributed by atoms with Crippen LogP contribution >= 0.6 is 0 Å². The average molecular weight is 335 g/mol. The molecule has 0 unspecified atom stereocenters. The fourth-order valence-corrected chi connectivity index (χ4v) is 3.93. The van der Waals surface area contributed by atoms with Gasteiger partial charge < -0.3 is 4.90 Å². The van der Waals surface area contributed by atoms with Crippen LogP contribution in [0.5, 0.6) is 0 Å². The Labute approximate surface area is 146 Å². The molecule has 0 N–H and O–H groups in total. The second kappa shape index (κ2) is 6.63. The van der Waals surface area contributed by atoms with Gasteiger partial charge in [-0.25, -0.2) is 0 Å². The van der Waals surface area contributed by atoms with Gasteiger partial charge in [0, 0.05) is 24.7 Å². The summed E-state index contributed by atoms with van der Waals surface area (Å²) in [6.45, 7) is 3.01. The summed E-state index contributed by atoms with van der Waals surface area (Å²) in [5, 5.41) is 11.4. The maximum absolute atomic E-state index is 13.1. The number of aromatic nitrogens is 4. The van der Waals surface area contributed by atoms with Crippen LogP contribution in [0, 0.1) is 0 Å². The van der Waals surface area contributed by atoms with E-state index in [9.17, 15) is 4.79 Å². The van der Waals surface area contributed by atoms with Crippen LogP contribution in [-0.2, 0) is 0 Å². The highest BCUT2D eigenvalue weighted by Crippen LogP contribution is 2.34. The average Bonchev–Trinajstić information content (AvgIpc) is 3.31. The minimum atomic E-state index is 0.0641. The summed E-state index contributed by atoms with van der Waals surface area (Å²) in [4.78, 5) is 15.2. The van der Waals surface area contributed by atoms with Gasteiger partial charge >= 0.3 is 0 Å². The zero-order valence-electron chi connectivity index (χ0n) is 14.2. The number of likely N-dealkylation sites (tertiary alicyclic amines) is 1. The number of fused-ring (bicyclic) bond motifs is 1. The molecule has 0 saturated carbocycles. The van der Waals surface area contributed by atoms with Crippen molar-refractivity contribution in [3.63, 3.8) is 0 Å². The second-order valence-corrected chi connectivity index (χ2v) is 6.53. The highest BCUT2D eigenvalue weighted by molar-refractivity contribution is 5.94. The lowest BCUT2D eigenvalue weighted by molar-refractivity contribution is 0.0714. The number of rotatable bonds is 4. The molecule has 3 aromatic rings. The molecule has 1 amide bonds. The summed E-state index contributed by atoms with van der Waals surface area (Å²) >= 11 is 0. The van der Waals surface area contributed by atoms with Crippen LogP contribution in [0.25, 0.3) is 5.65 Å². The Hall–Kier alpha value is -2.76. The van der Waals surface area contributed by atoms with Crippen molar-refractivity contribution < 1.29 is 4.79 Å². The fraction of sp³-hybridized carbons (Fsp3) is 0.368. The number of hydrogen-bond donors (Lipinski definition) is 0. The number of nitrogens with zero attached hydrogens (tertiary/aromatic N) is 5. The molecule has 0 radical (unpaired) electrons. The summed E-state index contributed by atoms with van der Waals surface area (Å²) in [6.07, 6.45) is 4.83. The third-order valence-corrected chi connectivity index (χ3v) is 5.13. The number of hydrogen-bond acceptors (Lipinski definition) is 4. The molecular weight excluding hydrogens is 314 g/mol. The Morgan fingerprint density at radius 3 is 2.88 bits per heavy atom. The monoisotopic (exact) mass is 335 g/mol. The van der Waals surface area contributed by atoms with Crippen LogP contribution in [-0.4, -0.2) is 43.4 Å². The van der Waals surface area contributed by atoms with Crippen LogP contribution in [0.2, 0.25) is 0 Å². The molecule has 1 aliphatic heterocycles. The van der Waals surface area contributed by atoms with Crippen molar-refractivity contribution >= 4 is 11.6 Å². The maximum Gasteiger partial charge on any atom is 0.255 e. The van der Waals surface area contributed by atoms with Crippen molar-refractivity contribution in [1.29, 1.82) is 0 Å². The number of tetrazole rings is 1. The topological polar surface area (TPSA) is 63.4 Å². The van der Waals surface area contributed by atoms with Crippen molar-refractivity contribution in [2.24, 2.45) is 0 Å². The third kappa shape index (κ3) is 2.88. The summed E-state index contributed by atoms with van der Waals surface area (Å²) < 4.78 is 1.55. The summed E-state index contributed by atoms with van der Waals surface area (Å²) in [5.74, 6) is 0.429. The lowest BCUT2D eigenvalue weighted by Crippen LogP contribution is -2.39. The van der Waals surface area contributed by atoms with Gasteiger partial charge in [-0.05, 0) is 47.4 Å². The molecular formula is C19H21N5O. The van der Waals surface area contributed by atoms with E-state index in [-0.39, 0.29) is 11.9 Å². The number of carbonyl (C=O) groups excluding carboxylic acids is 1. The highest BCUT2D eigenvalue weighted by atomic mass is 16.2. The molecule has 4 rings (SSSR count). The molecule has 25 heavy (non-hydrogen) atoms. The zero-order valence-corrected chi connectivity index (χ0v) is 14.2.